The molecule has 11 heavy (non-hydrogen) atoms. The molecule has 0 aliphatic heterocycles. The van der Waals surface area contributed by atoms with Crippen molar-refractivity contribution in [1.82, 2.24) is 0 Å². The smallest absolute Gasteiger partial charge is 0.0291 e. The highest BCUT2D eigenvalue weighted by Crippen LogP contribution is 2.29. The lowest BCUT2D eigenvalue weighted by Crippen LogP contribution is -1.80. The molecule has 0 heteroatoms. The molecule has 0 bridgehead atoms. The van der Waals surface area contributed by atoms with Crippen molar-refractivity contribution in [2.24, 2.45) is 5.92 Å². The van der Waals surface area contributed by atoms with Crippen LogP contribution in [0.3, 0.4) is 0 Å². The molecule has 0 aromatic carbocycles. The van der Waals surface area contributed by atoms with Crippen LogP contribution in [0.1, 0.15) is 26.2 Å². The molecule has 1 aliphatic rings. The van der Waals surface area contributed by atoms with Crippen molar-refractivity contribution in [3.8, 4) is 0 Å². The minimum absolute atomic E-state index is 0.901. The standard InChI is InChI=1S/C11H16/c1-3-4-5-6-11-8-7-10(2)9-11/h3-6,10H,1,7-9H2,2H3. The first-order valence-corrected chi connectivity index (χ1v) is 4.30. The summed E-state index contributed by atoms with van der Waals surface area (Å²) >= 11 is 0. The molecule has 1 fully saturated rings. The molecule has 0 saturated heterocycles. The van der Waals surface area contributed by atoms with Crippen LogP contribution in [0, 0.1) is 5.92 Å². The van der Waals surface area contributed by atoms with Crippen LogP contribution in [-0.4, -0.2) is 0 Å². The van der Waals surface area contributed by atoms with E-state index in [-0.39, 0.29) is 0 Å². The maximum Gasteiger partial charge on any atom is -0.0291 e. The Balaban J connectivity index is 2.41. The van der Waals surface area contributed by atoms with E-state index in [0.717, 1.165) is 5.92 Å². The molecule has 1 rings (SSSR count). The van der Waals surface area contributed by atoms with Gasteiger partial charge in [0.05, 0.1) is 0 Å². The second kappa shape index (κ2) is 4.17. The van der Waals surface area contributed by atoms with Crippen molar-refractivity contribution < 1.29 is 0 Å². The summed E-state index contributed by atoms with van der Waals surface area (Å²) < 4.78 is 0. The quantitative estimate of drug-likeness (QED) is 0.526. The molecule has 0 heterocycles. The maximum absolute atomic E-state index is 3.62. The zero-order chi connectivity index (χ0) is 8.10. The van der Waals surface area contributed by atoms with Crippen LogP contribution in [0.25, 0.3) is 0 Å². The van der Waals surface area contributed by atoms with E-state index in [1.54, 1.807) is 5.57 Å². The topological polar surface area (TPSA) is 0 Å². The van der Waals surface area contributed by atoms with E-state index in [4.69, 9.17) is 0 Å². The number of hydrogen-bond acceptors (Lipinski definition) is 0. The molecule has 60 valence electrons. The highest BCUT2D eigenvalue weighted by Gasteiger charge is 2.13. The van der Waals surface area contributed by atoms with Crippen LogP contribution < -0.4 is 0 Å². The minimum atomic E-state index is 0.901. The summed E-state index contributed by atoms with van der Waals surface area (Å²) in [6, 6.07) is 0. The van der Waals surface area contributed by atoms with E-state index in [1.807, 2.05) is 12.2 Å². The summed E-state index contributed by atoms with van der Waals surface area (Å²) in [5.41, 5.74) is 1.59. The van der Waals surface area contributed by atoms with E-state index >= 15 is 0 Å². The summed E-state index contributed by atoms with van der Waals surface area (Å²) in [4.78, 5) is 0. The van der Waals surface area contributed by atoms with Crippen molar-refractivity contribution in [2.75, 3.05) is 0 Å². The van der Waals surface area contributed by atoms with Gasteiger partial charge in [0.25, 0.3) is 0 Å². The van der Waals surface area contributed by atoms with Gasteiger partial charge >= 0.3 is 0 Å². The predicted molar refractivity (Wildman–Crippen MR) is 50.4 cm³/mol. The Morgan fingerprint density at radius 2 is 2.27 bits per heavy atom. The van der Waals surface area contributed by atoms with Gasteiger partial charge in [-0.2, -0.15) is 0 Å². The predicted octanol–water partition coefficient (Wildman–Crippen LogP) is 3.48. The second-order valence-corrected chi connectivity index (χ2v) is 3.29. The average Bonchev–Trinajstić information content (AvgIpc) is 2.37. The van der Waals surface area contributed by atoms with Crippen molar-refractivity contribution >= 4 is 0 Å². The van der Waals surface area contributed by atoms with Crippen molar-refractivity contribution in [2.45, 2.75) is 26.2 Å². The highest BCUT2D eigenvalue weighted by molar-refractivity contribution is 5.18. The fraction of sp³-hybridized carbons (Fsp3) is 0.455. The van der Waals surface area contributed by atoms with Gasteiger partial charge < -0.3 is 0 Å². The Hall–Kier alpha value is -0.780. The van der Waals surface area contributed by atoms with Gasteiger partial charge in [0, 0.05) is 0 Å². The van der Waals surface area contributed by atoms with Crippen molar-refractivity contribution in [3.05, 3.63) is 36.5 Å². The summed E-state index contributed by atoms with van der Waals surface area (Å²) in [7, 11) is 0. The van der Waals surface area contributed by atoms with Gasteiger partial charge in [-0.1, -0.05) is 43.4 Å². The Morgan fingerprint density at radius 1 is 1.45 bits per heavy atom. The number of rotatable bonds is 2. The van der Waals surface area contributed by atoms with Crippen LogP contribution in [0.5, 0.6) is 0 Å². The molecule has 0 radical (unpaired) electrons. The molecule has 0 aromatic rings. The fourth-order valence-electron chi connectivity index (χ4n) is 1.51. The third-order valence-corrected chi connectivity index (χ3v) is 2.15. The zero-order valence-electron chi connectivity index (χ0n) is 7.22. The molecule has 1 atom stereocenters. The van der Waals surface area contributed by atoms with Crippen LogP contribution in [0.4, 0.5) is 0 Å². The second-order valence-electron chi connectivity index (χ2n) is 3.29. The van der Waals surface area contributed by atoms with E-state index in [0.29, 0.717) is 0 Å². The summed E-state index contributed by atoms with van der Waals surface area (Å²) in [5.74, 6) is 0.901. The largest absolute Gasteiger partial charge is 0.0991 e. The van der Waals surface area contributed by atoms with Gasteiger partial charge in [-0.15, -0.1) is 0 Å². The first kappa shape index (κ1) is 8.32. The molecular weight excluding hydrogens is 132 g/mol. The lowest BCUT2D eigenvalue weighted by molar-refractivity contribution is 0.620. The lowest BCUT2D eigenvalue weighted by Gasteiger charge is -1.93. The van der Waals surface area contributed by atoms with Gasteiger partial charge in [-0.3, -0.25) is 0 Å². The molecule has 1 unspecified atom stereocenters. The van der Waals surface area contributed by atoms with Crippen LogP contribution >= 0.6 is 0 Å². The molecule has 0 spiro atoms. The SMILES string of the molecule is C=CC=CC=C1CCC(C)C1. The van der Waals surface area contributed by atoms with Crippen LogP contribution in [0.15, 0.2) is 36.5 Å². The fourth-order valence-corrected chi connectivity index (χ4v) is 1.51. The van der Waals surface area contributed by atoms with Gasteiger partial charge in [0.15, 0.2) is 0 Å². The number of hydrogen-bond donors (Lipinski definition) is 0. The Labute approximate surface area is 69.3 Å². The van der Waals surface area contributed by atoms with Gasteiger partial charge in [0.1, 0.15) is 0 Å². The molecule has 0 aromatic heterocycles. The molecular formula is C11H16. The Morgan fingerprint density at radius 3 is 2.82 bits per heavy atom. The van der Waals surface area contributed by atoms with Crippen LogP contribution in [-0.2, 0) is 0 Å². The van der Waals surface area contributed by atoms with Crippen molar-refractivity contribution in [1.29, 1.82) is 0 Å². The zero-order valence-corrected chi connectivity index (χ0v) is 7.22. The van der Waals surface area contributed by atoms with E-state index < -0.39 is 0 Å². The molecule has 1 aliphatic carbocycles. The first-order chi connectivity index (χ1) is 5.33. The summed E-state index contributed by atoms with van der Waals surface area (Å²) in [6.45, 7) is 5.94. The highest BCUT2D eigenvalue weighted by atomic mass is 14.2. The molecule has 0 N–H and O–H groups in total. The van der Waals surface area contributed by atoms with Crippen molar-refractivity contribution in [3.63, 3.8) is 0 Å². The third kappa shape index (κ3) is 2.75. The van der Waals surface area contributed by atoms with E-state index in [1.165, 1.54) is 19.3 Å². The monoisotopic (exact) mass is 148 g/mol. The summed E-state index contributed by atoms with van der Waals surface area (Å²) in [6.07, 6.45) is 12.1. The van der Waals surface area contributed by atoms with Gasteiger partial charge in [0.2, 0.25) is 0 Å². The van der Waals surface area contributed by atoms with Gasteiger partial charge in [-0.25, -0.2) is 0 Å². The Bertz CT molecular complexity index is 184. The minimum Gasteiger partial charge on any atom is -0.0991 e. The first-order valence-electron chi connectivity index (χ1n) is 4.30. The van der Waals surface area contributed by atoms with E-state index in [2.05, 4.69) is 25.7 Å². The molecule has 0 amide bonds. The normalized spacial score (nSPS) is 28.5. The Kier molecular flexibility index (Phi) is 3.15. The molecule has 0 nitrogen and oxygen atoms in total. The lowest BCUT2D eigenvalue weighted by atomic mass is 10.1. The van der Waals surface area contributed by atoms with E-state index in [9.17, 15) is 0 Å². The number of allylic oxidation sites excluding steroid dienone is 5. The van der Waals surface area contributed by atoms with Crippen LogP contribution in [0.2, 0.25) is 0 Å². The molecule has 1 saturated carbocycles. The average molecular weight is 148 g/mol. The van der Waals surface area contributed by atoms with Gasteiger partial charge in [-0.05, 0) is 25.2 Å². The summed E-state index contributed by atoms with van der Waals surface area (Å²) in [5, 5.41) is 0. The maximum atomic E-state index is 3.62. The third-order valence-electron chi connectivity index (χ3n) is 2.15.